The third kappa shape index (κ3) is 3.78. The minimum atomic E-state index is 0.0448. The van der Waals surface area contributed by atoms with E-state index in [0.29, 0.717) is 44.2 Å². The Kier molecular flexibility index (Phi) is 5.51. The van der Waals surface area contributed by atoms with Crippen molar-refractivity contribution in [2.24, 2.45) is 11.7 Å². The molecule has 130 valence electrons. The van der Waals surface area contributed by atoms with Crippen LogP contribution in [0.25, 0.3) is 0 Å². The van der Waals surface area contributed by atoms with Crippen LogP contribution in [0.1, 0.15) is 48.0 Å². The molecule has 0 radical (unpaired) electrons. The second kappa shape index (κ2) is 7.79. The van der Waals surface area contributed by atoms with E-state index in [0.717, 1.165) is 18.4 Å². The maximum atomic E-state index is 12.6. The Balaban J connectivity index is 1.54. The number of nitrogens with two attached hydrogens (primary N) is 1. The summed E-state index contributed by atoms with van der Waals surface area (Å²) in [6, 6.07) is 7.47. The summed E-state index contributed by atoms with van der Waals surface area (Å²) in [4.78, 5) is 29.0. The van der Waals surface area contributed by atoms with Crippen molar-refractivity contribution < 1.29 is 9.59 Å². The molecule has 1 aromatic rings. The zero-order chi connectivity index (χ0) is 16.9. The molecule has 0 atom stereocenters. The summed E-state index contributed by atoms with van der Waals surface area (Å²) in [6.07, 6.45) is 5.67. The number of hydrogen-bond donors (Lipinski definition) is 1. The van der Waals surface area contributed by atoms with Crippen LogP contribution >= 0.6 is 0 Å². The minimum absolute atomic E-state index is 0.0448. The molecule has 2 aliphatic rings. The molecule has 0 bridgehead atoms. The molecule has 24 heavy (non-hydrogen) atoms. The van der Waals surface area contributed by atoms with Gasteiger partial charge in [-0.3, -0.25) is 9.59 Å². The SMILES string of the molecule is NCc1ccc(C(=O)N2CCN(C(=O)C3CCCCC3)CC2)cc1. The average molecular weight is 329 g/mol. The first-order valence-electron chi connectivity index (χ1n) is 9.06. The molecule has 1 aliphatic carbocycles. The van der Waals surface area contributed by atoms with Crippen LogP contribution in [0.3, 0.4) is 0 Å². The van der Waals surface area contributed by atoms with Gasteiger partial charge >= 0.3 is 0 Å². The second-order valence-corrected chi connectivity index (χ2v) is 6.85. The molecule has 3 rings (SSSR count). The van der Waals surface area contributed by atoms with Crippen LogP contribution in [0.2, 0.25) is 0 Å². The molecule has 1 saturated heterocycles. The van der Waals surface area contributed by atoms with Gasteiger partial charge in [0.1, 0.15) is 0 Å². The largest absolute Gasteiger partial charge is 0.339 e. The number of piperazine rings is 1. The van der Waals surface area contributed by atoms with Crippen LogP contribution in [0.5, 0.6) is 0 Å². The fourth-order valence-corrected chi connectivity index (χ4v) is 3.70. The van der Waals surface area contributed by atoms with Crippen molar-refractivity contribution >= 4 is 11.8 Å². The number of benzene rings is 1. The van der Waals surface area contributed by atoms with Crippen LogP contribution in [0.15, 0.2) is 24.3 Å². The van der Waals surface area contributed by atoms with E-state index in [1.54, 1.807) is 0 Å². The molecule has 2 fully saturated rings. The van der Waals surface area contributed by atoms with Crippen LogP contribution in [0.4, 0.5) is 0 Å². The summed E-state index contributed by atoms with van der Waals surface area (Å²) in [5, 5.41) is 0. The van der Waals surface area contributed by atoms with E-state index in [2.05, 4.69) is 0 Å². The highest BCUT2D eigenvalue weighted by atomic mass is 16.2. The summed E-state index contributed by atoms with van der Waals surface area (Å²) in [5.41, 5.74) is 7.31. The van der Waals surface area contributed by atoms with Gasteiger partial charge in [-0.15, -0.1) is 0 Å². The van der Waals surface area contributed by atoms with Gasteiger partial charge < -0.3 is 15.5 Å². The fraction of sp³-hybridized carbons (Fsp3) is 0.579. The third-order valence-electron chi connectivity index (χ3n) is 5.27. The van der Waals surface area contributed by atoms with Crippen molar-refractivity contribution in [2.75, 3.05) is 26.2 Å². The van der Waals surface area contributed by atoms with Crippen LogP contribution in [-0.4, -0.2) is 47.8 Å². The molecular weight excluding hydrogens is 302 g/mol. The molecule has 1 aromatic carbocycles. The lowest BCUT2D eigenvalue weighted by molar-refractivity contribution is -0.138. The molecule has 1 heterocycles. The minimum Gasteiger partial charge on any atom is -0.339 e. The summed E-state index contributed by atoms with van der Waals surface area (Å²) < 4.78 is 0. The normalized spacial score (nSPS) is 19.4. The van der Waals surface area contributed by atoms with Crippen molar-refractivity contribution in [2.45, 2.75) is 38.6 Å². The summed E-state index contributed by atoms with van der Waals surface area (Å²) >= 11 is 0. The third-order valence-corrected chi connectivity index (χ3v) is 5.27. The monoisotopic (exact) mass is 329 g/mol. The molecule has 5 heteroatoms. The maximum absolute atomic E-state index is 12.6. The van der Waals surface area contributed by atoms with Crippen molar-refractivity contribution in [1.82, 2.24) is 9.80 Å². The topological polar surface area (TPSA) is 66.6 Å². The molecule has 1 aliphatic heterocycles. The predicted octanol–water partition coefficient (Wildman–Crippen LogP) is 2.01. The summed E-state index contributed by atoms with van der Waals surface area (Å²) in [7, 11) is 0. The molecule has 5 nitrogen and oxygen atoms in total. The summed E-state index contributed by atoms with van der Waals surface area (Å²) in [6.45, 7) is 3.03. The molecule has 0 unspecified atom stereocenters. The van der Waals surface area contributed by atoms with Crippen molar-refractivity contribution in [3.63, 3.8) is 0 Å². The number of hydrogen-bond acceptors (Lipinski definition) is 3. The van der Waals surface area contributed by atoms with E-state index in [9.17, 15) is 9.59 Å². The van der Waals surface area contributed by atoms with Gasteiger partial charge in [0.15, 0.2) is 0 Å². The second-order valence-electron chi connectivity index (χ2n) is 6.85. The lowest BCUT2D eigenvalue weighted by atomic mass is 9.88. The van der Waals surface area contributed by atoms with E-state index >= 15 is 0 Å². The maximum Gasteiger partial charge on any atom is 0.253 e. The predicted molar refractivity (Wildman–Crippen MR) is 93.4 cm³/mol. The van der Waals surface area contributed by atoms with E-state index in [4.69, 9.17) is 5.73 Å². The first kappa shape index (κ1) is 17.0. The molecule has 0 aromatic heterocycles. The number of amides is 2. The van der Waals surface area contributed by atoms with Gasteiger partial charge in [-0.1, -0.05) is 31.4 Å². The molecule has 2 N–H and O–H groups in total. The van der Waals surface area contributed by atoms with Gasteiger partial charge in [-0.2, -0.15) is 0 Å². The van der Waals surface area contributed by atoms with Crippen molar-refractivity contribution in [1.29, 1.82) is 0 Å². The van der Waals surface area contributed by atoms with E-state index in [1.165, 1.54) is 19.3 Å². The Morgan fingerprint density at radius 1 is 0.917 bits per heavy atom. The number of nitrogens with zero attached hydrogens (tertiary/aromatic N) is 2. The van der Waals surface area contributed by atoms with Crippen molar-refractivity contribution in [3.05, 3.63) is 35.4 Å². The van der Waals surface area contributed by atoms with E-state index in [1.807, 2.05) is 34.1 Å². The zero-order valence-corrected chi connectivity index (χ0v) is 14.2. The summed E-state index contributed by atoms with van der Waals surface area (Å²) in [5.74, 6) is 0.558. The van der Waals surface area contributed by atoms with Crippen LogP contribution in [-0.2, 0) is 11.3 Å². The molecule has 1 saturated carbocycles. The van der Waals surface area contributed by atoms with Gasteiger partial charge in [0.25, 0.3) is 5.91 Å². The first-order valence-corrected chi connectivity index (χ1v) is 9.06. The number of carbonyl (C=O) groups excluding carboxylic acids is 2. The lowest BCUT2D eigenvalue weighted by Gasteiger charge is -2.37. The van der Waals surface area contributed by atoms with Crippen LogP contribution in [0, 0.1) is 5.92 Å². The Morgan fingerprint density at radius 3 is 2.08 bits per heavy atom. The fourth-order valence-electron chi connectivity index (χ4n) is 3.70. The van der Waals surface area contributed by atoms with Crippen LogP contribution < -0.4 is 5.73 Å². The lowest BCUT2D eigenvalue weighted by Crippen LogP contribution is -2.52. The van der Waals surface area contributed by atoms with Gasteiger partial charge in [-0.25, -0.2) is 0 Å². The Labute approximate surface area is 143 Å². The Bertz CT molecular complexity index is 571. The standard InChI is InChI=1S/C19H27N3O2/c20-14-15-6-8-17(9-7-15)19(24)22-12-10-21(11-13-22)18(23)16-4-2-1-3-5-16/h6-9,16H,1-5,10-14,20H2. The smallest absolute Gasteiger partial charge is 0.253 e. The van der Waals surface area contributed by atoms with E-state index in [-0.39, 0.29) is 11.8 Å². The van der Waals surface area contributed by atoms with Gasteiger partial charge in [0, 0.05) is 44.2 Å². The highest BCUT2D eigenvalue weighted by Gasteiger charge is 2.29. The molecular formula is C19H27N3O2. The van der Waals surface area contributed by atoms with Gasteiger partial charge in [-0.05, 0) is 30.5 Å². The Hall–Kier alpha value is -1.88. The quantitative estimate of drug-likeness (QED) is 0.922. The van der Waals surface area contributed by atoms with E-state index < -0.39 is 0 Å². The Morgan fingerprint density at radius 2 is 1.50 bits per heavy atom. The highest BCUT2D eigenvalue weighted by Crippen LogP contribution is 2.26. The number of carbonyl (C=O) groups is 2. The molecule has 0 spiro atoms. The zero-order valence-electron chi connectivity index (χ0n) is 14.2. The van der Waals surface area contributed by atoms with Gasteiger partial charge in [0.05, 0.1) is 0 Å². The highest BCUT2D eigenvalue weighted by molar-refractivity contribution is 5.94. The average Bonchev–Trinajstić information content (AvgIpc) is 2.68. The number of rotatable bonds is 3. The first-order chi connectivity index (χ1) is 11.7. The van der Waals surface area contributed by atoms with Crippen molar-refractivity contribution in [3.8, 4) is 0 Å². The van der Waals surface area contributed by atoms with Gasteiger partial charge in [0.2, 0.25) is 5.91 Å². The molecule has 2 amide bonds.